The largest absolute Gasteiger partial charge is 0.336 e. The Balaban J connectivity index is 1.67. The van der Waals surface area contributed by atoms with Gasteiger partial charge in [0, 0.05) is 0 Å². The first-order chi connectivity index (χ1) is 10.8. The van der Waals surface area contributed by atoms with E-state index in [9.17, 15) is 0 Å². The number of anilines is 2. The number of fused-ring (bicyclic) bond motifs is 1. The molecule has 0 bridgehead atoms. The summed E-state index contributed by atoms with van der Waals surface area (Å²) < 4.78 is 3.25. The molecule has 108 valence electrons. The third kappa shape index (κ3) is 2.06. The summed E-state index contributed by atoms with van der Waals surface area (Å²) in [6.07, 6.45) is 1.77. The van der Waals surface area contributed by atoms with Gasteiger partial charge in [0.2, 0.25) is 0 Å². The quantitative estimate of drug-likeness (QED) is 0.619. The van der Waals surface area contributed by atoms with Crippen molar-refractivity contribution in [1.82, 2.24) is 35.0 Å². The zero-order valence-electron chi connectivity index (χ0n) is 11.7. The van der Waals surface area contributed by atoms with E-state index in [0.29, 0.717) is 11.5 Å². The standard InChI is InChI=1S/C14H12N8/c1-10-12(9-15-21(10)11-5-3-2-4-6-11)16-13-7-8-14-17-19-20-22(14)18-13/h2-9H,1H3,(H,16,18). The first-order valence-electron chi connectivity index (χ1n) is 6.74. The van der Waals surface area contributed by atoms with Crippen molar-refractivity contribution >= 4 is 17.2 Å². The molecule has 0 amide bonds. The number of nitrogens with one attached hydrogen (secondary N) is 1. The van der Waals surface area contributed by atoms with Gasteiger partial charge in [-0.05, 0) is 41.6 Å². The lowest BCUT2D eigenvalue weighted by Gasteiger charge is -2.06. The van der Waals surface area contributed by atoms with E-state index in [1.165, 1.54) is 4.63 Å². The fourth-order valence-electron chi connectivity index (χ4n) is 2.22. The maximum Gasteiger partial charge on any atom is 0.200 e. The Morgan fingerprint density at radius 1 is 1.05 bits per heavy atom. The summed E-state index contributed by atoms with van der Waals surface area (Å²) in [7, 11) is 0. The summed E-state index contributed by atoms with van der Waals surface area (Å²) in [5, 5.41) is 23.1. The van der Waals surface area contributed by atoms with Gasteiger partial charge in [-0.25, -0.2) is 4.68 Å². The lowest BCUT2D eigenvalue weighted by Crippen LogP contribution is -2.02. The monoisotopic (exact) mass is 292 g/mol. The minimum Gasteiger partial charge on any atom is -0.336 e. The van der Waals surface area contributed by atoms with Gasteiger partial charge in [-0.15, -0.1) is 14.8 Å². The van der Waals surface area contributed by atoms with Gasteiger partial charge >= 0.3 is 0 Å². The molecular formula is C14H12N8. The van der Waals surface area contributed by atoms with Gasteiger partial charge in [0.15, 0.2) is 11.5 Å². The lowest BCUT2D eigenvalue weighted by molar-refractivity contribution is 0.736. The van der Waals surface area contributed by atoms with Gasteiger partial charge in [0.05, 0.1) is 23.3 Å². The zero-order valence-corrected chi connectivity index (χ0v) is 11.7. The van der Waals surface area contributed by atoms with Crippen LogP contribution in [0.3, 0.4) is 0 Å². The molecule has 0 aliphatic carbocycles. The molecule has 0 radical (unpaired) electrons. The number of nitrogens with zero attached hydrogens (tertiary/aromatic N) is 7. The highest BCUT2D eigenvalue weighted by Gasteiger charge is 2.09. The maximum atomic E-state index is 4.41. The average molecular weight is 292 g/mol. The van der Waals surface area contributed by atoms with Crippen molar-refractivity contribution in [3.63, 3.8) is 0 Å². The molecule has 0 fully saturated rings. The highest BCUT2D eigenvalue weighted by molar-refractivity contribution is 5.59. The molecule has 4 aromatic rings. The Bertz CT molecular complexity index is 924. The normalized spacial score (nSPS) is 11.0. The van der Waals surface area contributed by atoms with Crippen molar-refractivity contribution in [1.29, 1.82) is 0 Å². The summed E-state index contributed by atoms with van der Waals surface area (Å²) in [5.74, 6) is 0.649. The summed E-state index contributed by atoms with van der Waals surface area (Å²) in [6.45, 7) is 2.00. The summed E-state index contributed by atoms with van der Waals surface area (Å²) in [4.78, 5) is 0. The summed E-state index contributed by atoms with van der Waals surface area (Å²) in [6, 6.07) is 13.6. The van der Waals surface area contributed by atoms with Crippen molar-refractivity contribution < 1.29 is 0 Å². The minimum atomic E-state index is 0.599. The second-order valence-electron chi connectivity index (χ2n) is 4.76. The van der Waals surface area contributed by atoms with Crippen LogP contribution in [0.4, 0.5) is 11.5 Å². The predicted molar refractivity (Wildman–Crippen MR) is 80.2 cm³/mol. The number of benzene rings is 1. The first kappa shape index (κ1) is 12.5. The van der Waals surface area contributed by atoms with E-state index in [2.05, 4.69) is 31.0 Å². The van der Waals surface area contributed by atoms with Crippen LogP contribution in [0.15, 0.2) is 48.7 Å². The summed E-state index contributed by atoms with van der Waals surface area (Å²) in [5.41, 5.74) is 3.48. The second-order valence-corrected chi connectivity index (χ2v) is 4.76. The SMILES string of the molecule is Cc1c(Nc2ccc3nnnn3n2)cnn1-c1ccccc1. The van der Waals surface area contributed by atoms with Crippen molar-refractivity contribution in [3.05, 3.63) is 54.4 Å². The highest BCUT2D eigenvalue weighted by atomic mass is 15.6. The van der Waals surface area contributed by atoms with Crippen LogP contribution < -0.4 is 5.32 Å². The molecule has 0 unspecified atom stereocenters. The van der Waals surface area contributed by atoms with Gasteiger partial charge in [0.1, 0.15) is 0 Å². The number of hydrogen-bond acceptors (Lipinski definition) is 6. The number of hydrogen-bond donors (Lipinski definition) is 1. The molecule has 8 nitrogen and oxygen atoms in total. The second kappa shape index (κ2) is 4.92. The van der Waals surface area contributed by atoms with E-state index in [0.717, 1.165) is 17.1 Å². The molecule has 4 rings (SSSR count). The topological polar surface area (TPSA) is 85.8 Å². The van der Waals surface area contributed by atoms with E-state index in [-0.39, 0.29) is 0 Å². The number of tetrazole rings is 1. The van der Waals surface area contributed by atoms with Gasteiger partial charge < -0.3 is 5.32 Å². The van der Waals surface area contributed by atoms with Crippen molar-refractivity contribution in [2.45, 2.75) is 6.92 Å². The maximum absolute atomic E-state index is 4.41. The fraction of sp³-hybridized carbons (Fsp3) is 0.0714. The Morgan fingerprint density at radius 3 is 2.77 bits per heavy atom. The third-order valence-corrected chi connectivity index (χ3v) is 3.34. The van der Waals surface area contributed by atoms with Crippen LogP contribution in [0.1, 0.15) is 5.69 Å². The highest BCUT2D eigenvalue weighted by Crippen LogP contribution is 2.21. The van der Waals surface area contributed by atoms with Crippen LogP contribution in [0.25, 0.3) is 11.3 Å². The van der Waals surface area contributed by atoms with Crippen LogP contribution >= 0.6 is 0 Å². The smallest absolute Gasteiger partial charge is 0.200 e. The fourth-order valence-corrected chi connectivity index (χ4v) is 2.22. The van der Waals surface area contributed by atoms with Crippen LogP contribution in [-0.4, -0.2) is 35.0 Å². The van der Waals surface area contributed by atoms with Gasteiger partial charge in [-0.3, -0.25) is 0 Å². The summed E-state index contributed by atoms with van der Waals surface area (Å²) >= 11 is 0. The van der Waals surface area contributed by atoms with E-state index in [1.807, 2.05) is 48.0 Å². The number of para-hydroxylation sites is 1. The molecule has 1 aromatic carbocycles. The number of rotatable bonds is 3. The van der Waals surface area contributed by atoms with Gasteiger partial charge in [-0.2, -0.15) is 5.10 Å². The van der Waals surface area contributed by atoms with Gasteiger partial charge in [-0.1, -0.05) is 18.2 Å². The van der Waals surface area contributed by atoms with E-state index < -0.39 is 0 Å². The minimum absolute atomic E-state index is 0.599. The molecular weight excluding hydrogens is 280 g/mol. The molecule has 1 N–H and O–H groups in total. The third-order valence-electron chi connectivity index (χ3n) is 3.34. The first-order valence-corrected chi connectivity index (χ1v) is 6.74. The molecule has 0 atom stereocenters. The molecule has 0 aliphatic rings. The zero-order chi connectivity index (χ0) is 14.9. The molecule has 0 saturated heterocycles. The molecule has 0 spiro atoms. The average Bonchev–Trinajstić information content (AvgIpc) is 3.15. The Hall–Kier alpha value is -3.29. The molecule has 3 aromatic heterocycles. The molecule has 22 heavy (non-hydrogen) atoms. The van der Waals surface area contributed by atoms with Gasteiger partial charge in [0.25, 0.3) is 0 Å². The molecule has 8 heteroatoms. The van der Waals surface area contributed by atoms with Crippen LogP contribution in [-0.2, 0) is 0 Å². The number of aromatic nitrogens is 7. The molecule has 3 heterocycles. The predicted octanol–water partition coefficient (Wildman–Crippen LogP) is 1.76. The van der Waals surface area contributed by atoms with E-state index in [1.54, 1.807) is 12.3 Å². The molecule has 0 saturated carbocycles. The van der Waals surface area contributed by atoms with Crippen LogP contribution in [0, 0.1) is 6.92 Å². The van der Waals surface area contributed by atoms with Crippen molar-refractivity contribution in [3.8, 4) is 5.69 Å². The Labute approximate surface area is 125 Å². The lowest BCUT2D eigenvalue weighted by atomic mass is 10.3. The Kier molecular flexibility index (Phi) is 2.78. The Morgan fingerprint density at radius 2 is 1.91 bits per heavy atom. The van der Waals surface area contributed by atoms with Crippen LogP contribution in [0.5, 0.6) is 0 Å². The van der Waals surface area contributed by atoms with E-state index in [4.69, 9.17) is 0 Å². The van der Waals surface area contributed by atoms with E-state index >= 15 is 0 Å². The van der Waals surface area contributed by atoms with Crippen molar-refractivity contribution in [2.24, 2.45) is 0 Å². The van der Waals surface area contributed by atoms with Crippen LogP contribution in [0.2, 0.25) is 0 Å². The van der Waals surface area contributed by atoms with Crippen molar-refractivity contribution in [2.75, 3.05) is 5.32 Å². The molecule has 0 aliphatic heterocycles.